The van der Waals surface area contributed by atoms with Crippen LogP contribution in [-0.2, 0) is 0 Å². The summed E-state index contributed by atoms with van der Waals surface area (Å²) in [5.74, 6) is 2.09. The van der Waals surface area contributed by atoms with Gasteiger partial charge < -0.3 is 10.2 Å². The van der Waals surface area contributed by atoms with Crippen molar-refractivity contribution in [1.29, 1.82) is 0 Å². The number of hydrogen-bond donors (Lipinski definition) is 2. The van der Waals surface area contributed by atoms with Crippen LogP contribution in [0, 0.1) is 12.8 Å². The summed E-state index contributed by atoms with van der Waals surface area (Å²) >= 11 is 1.24. The van der Waals surface area contributed by atoms with Gasteiger partial charge in [0.15, 0.2) is 0 Å². The highest BCUT2D eigenvalue weighted by atomic mass is 32.2. The van der Waals surface area contributed by atoms with E-state index in [0.29, 0.717) is 11.5 Å². The number of carbonyl (C=O) groups is 1. The summed E-state index contributed by atoms with van der Waals surface area (Å²) in [5.41, 5.74) is 1.52. The van der Waals surface area contributed by atoms with Crippen LogP contribution in [0.15, 0.2) is 35.4 Å². The number of aromatic nitrogens is 2. The number of amides is 1. The predicted octanol–water partition coefficient (Wildman–Crippen LogP) is 4.03. The molecule has 0 aliphatic carbocycles. The van der Waals surface area contributed by atoms with Gasteiger partial charge in [0.25, 0.3) is 5.91 Å². The number of fused-ring (bicyclic) bond motifs is 6. The van der Waals surface area contributed by atoms with Crippen molar-refractivity contribution in [3.63, 3.8) is 0 Å². The van der Waals surface area contributed by atoms with E-state index in [0.717, 1.165) is 54.7 Å². The van der Waals surface area contributed by atoms with E-state index in [1.165, 1.54) is 11.9 Å². The third kappa shape index (κ3) is 3.94. The van der Waals surface area contributed by atoms with Gasteiger partial charge >= 0.3 is 0 Å². The van der Waals surface area contributed by atoms with Crippen molar-refractivity contribution in [3.8, 4) is 0 Å². The third-order valence-electron chi connectivity index (χ3n) is 5.54. The molecule has 6 nitrogen and oxygen atoms in total. The summed E-state index contributed by atoms with van der Waals surface area (Å²) in [6.45, 7) is 8.32. The first kappa shape index (κ1) is 19.1. The molecule has 1 unspecified atom stereocenters. The van der Waals surface area contributed by atoms with Crippen molar-refractivity contribution in [2.45, 2.75) is 50.6 Å². The monoisotopic (exact) mass is 397 g/mol. The van der Waals surface area contributed by atoms with Gasteiger partial charge in [0.1, 0.15) is 16.7 Å². The minimum atomic E-state index is -0.137. The van der Waals surface area contributed by atoms with Crippen LogP contribution in [0.5, 0.6) is 0 Å². The SMILES string of the molecule is Cc1ccc2c(n1)N1CC(CCCNc3cccc(n3)SNC2=O)CC1(C)C. The second kappa shape index (κ2) is 7.62. The maximum atomic E-state index is 13.0. The number of hydrogen-bond acceptors (Lipinski definition) is 6. The molecule has 2 aliphatic heterocycles. The quantitative estimate of drug-likeness (QED) is 0.654. The van der Waals surface area contributed by atoms with Crippen LogP contribution in [0.4, 0.5) is 11.6 Å². The fourth-order valence-corrected chi connectivity index (χ4v) is 4.81. The van der Waals surface area contributed by atoms with E-state index in [9.17, 15) is 4.79 Å². The van der Waals surface area contributed by atoms with E-state index in [1.54, 1.807) is 0 Å². The van der Waals surface area contributed by atoms with E-state index in [1.807, 2.05) is 37.3 Å². The molecule has 4 heterocycles. The average molecular weight is 398 g/mol. The number of nitrogens with zero attached hydrogens (tertiary/aromatic N) is 3. The molecule has 2 aromatic rings. The fraction of sp³-hybridized carbons (Fsp3) is 0.476. The lowest BCUT2D eigenvalue weighted by Crippen LogP contribution is -2.40. The Morgan fingerprint density at radius 3 is 2.93 bits per heavy atom. The van der Waals surface area contributed by atoms with Crippen molar-refractivity contribution < 1.29 is 4.79 Å². The summed E-state index contributed by atoms with van der Waals surface area (Å²) in [4.78, 5) is 24.7. The molecule has 1 fully saturated rings. The number of aryl methyl sites for hydroxylation is 1. The topological polar surface area (TPSA) is 70.2 Å². The van der Waals surface area contributed by atoms with E-state index in [4.69, 9.17) is 4.98 Å². The van der Waals surface area contributed by atoms with Crippen LogP contribution >= 0.6 is 11.9 Å². The van der Waals surface area contributed by atoms with Crippen LogP contribution in [-0.4, -0.2) is 34.5 Å². The number of pyridine rings is 2. The lowest BCUT2D eigenvalue weighted by Gasteiger charge is -2.33. The Morgan fingerprint density at radius 2 is 2.07 bits per heavy atom. The smallest absolute Gasteiger partial charge is 0.265 e. The van der Waals surface area contributed by atoms with Gasteiger partial charge in [-0.05, 0) is 70.2 Å². The number of anilines is 2. The summed E-state index contributed by atoms with van der Waals surface area (Å²) in [7, 11) is 0. The summed E-state index contributed by atoms with van der Waals surface area (Å²) in [5, 5.41) is 4.17. The minimum absolute atomic E-state index is 0.0238. The first-order valence-corrected chi connectivity index (χ1v) is 10.7. The minimum Gasteiger partial charge on any atom is -0.370 e. The largest absolute Gasteiger partial charge is 0.370 e. The molecule has 2 aliphatic rings. The van der Waals surface area contributed by atoms with Gasteiger partial charge in [-0.2, -0.15) is 0 Å². The van der Waals surface area contributed by atoms with Crippen LogP contribution in [0.1, 0.15) is 49.2 Å². The Bertz CT molecular complexity index is 885. The van der Waals surface area contributed by atoms with Gasteiger partial charge in [-0.1, -0.05) is 6.07 Å². The lowest BCUT2D eigenvalue weighted by molar-refractivity contribution is 0.0984. The predicted molar refractivity (Wildman–Crippen MR) is 114 cm³/mol. The van der Waals surface area contributed by atoms with Crippen molar-refractivity contribution >= 4 is 29.5 Å². The normalized spacial score (nSPS) is 21.8. The first-order valence-electron chi connectivity index (χ1n) is 9.86. The Hall–Kier alpha value is -2.28. The summed E-state index contributed by atoms with van der Waals surface area (Å²) in [6, 6.07) is 9.61. The first-order chi connectivity index (χ1) is 13.4. The van der Waals surface area contributed by atoms with Gasteiger partial charge in [-0.3, -0.25) is 9.52 Å². The molecule has 0 radical (unpaired) electrons. The molecule has 1 saturated heterocycles. The van der Waals surface area contributed by atoms with Gasteiger partial charge in [0.2, 0.25) is 0 Å². The molecular weight excluding hydrogens is 370 g/mol. The molecule has 7 heteroatoms. The van der Waals surface area contributed by atoms with Crippen molar-refractivity contribution in [3.05, 3.63) is 41.6 Å². The average Bonchev–Trinajstić information content (AvgIpc) is 2.97. The molecular formula is C21H27N5OS. The van der Waals surface area contributed by atoms with Crippen LogP contribution in [0.3, 0.4) is 0 Å². The molecule has 28 heavy (non-hydrogen) atoms. The molecule has 0 spiro atoms. The standard InChI is InChI=1S/C21H27N5OS/c1-14-9-10-16-19(23-14)26-13-15(12-21(26,2)3)6-5-11-22-17-7-4-8-18(24-17)28-25-20(16)27/h4,7-10,15H,5-6,11-13H2,1-3H3,(H,22,24)(H,25,27). The molecule has 4 bridgehead atoms. The Labute approximate surface area is 170 Å². The molecule has 0 aromatic carbocycles. The number of rotatable bonds is 0. The maximum Gasteiger partial charge on any atom is 0.265 e. The van der Waals surface area contributed by atoms with Gasteiger partial charge in [-0.15, -0.1) is 0 Å². The number of carbonyl (C=O) groups excluding carboxylic acids is 1. The zero-order valence-corrected chi connectivity index (χ0v) is 17.5. The van der Waals surface area contributed by atoms with E-state index in [2.05, 4.69) is 33.8 Å². The Kier molecular flexibility index (Phi) is 5.19. The van der Waals surface area contributed by atoms with Crippen LogP contribution in [0.2, 0.25) is 0 Å². The highest BCUT2D eigenvalue weighted by Gasteiger charge is 2.40. The van der Waals surface area contributed by atoms with Gasteiger partial charge in [0, 0.05) is 36.3 Å². The zero-order valence-electron chi connectivity index (χ0n) is 16.7. The molecule has 2 aromatic heterocycles. The molecule has 1 amide bonds. The van der Waals surface area contributed by atoms with E-state index >= 15 is 0 Å². The van der Waals surface area contributed by atoms with Crippen LogP contribution < -0.4 is 14.9 Å². The van der Waals surface area contributed by atoms with Crippen molar-refractivity contribution in [2.24, 2.45) is 5.92 Å². The summed E-state index contributed by atoms with van der Waals surface area (Å²) < 4.78 is 2.94. The molecule has 2 N–H and O–H groups in total. The Morgan fingerprint density at radius 1 is 1.21 bits per heavy atom. The second-order valence-corrected chi connectivity index (χ2v) is 9.11. The summed E-state index contributed by atoms with van der Waals surface area (Å²) in [6.07, 6.45) is 3.35. The van der Waals surface area contributed by atoms with Crippen molar-refractivity contribution in [1.82, 2.24) is 14.7 Å². The molecule has 4 rings (SSSR count). The highest BCUT2D eigenvalue weighted by Crippen LogP contribution is 2.39. The highest BCUT2D eigenvalue weighted by molar-refractivity contribution is 7.97. The van der Waals surface area contributed by atoms with E-state index < -0.39 is 0 Å². The third-order valence-corrected chi connectivity index (χ3v) is 6.27. The van der Waals surface area contributed by atoms with Gasteiger partial charge in [-0.25, -0.2) is 9.97 Å². The van der Waals surface area contributed by atoms with E-state index in [-0.39, 0.29) is 11.4 Å². The fourth-order valence-electron chi connectivity index (χ4n) is 4.21. The van der Waals surface area contributed by atoms with Crippen molar-refractivity contribution in [2.75, 3.05) is 23.3 Å². The second-order valence-electron chi connectivity index (χ2n) is 8.28. The van der Waals surface area contributed by atoms with Gasteiger partial charge in [0.05, 0.1) is 5.56 Å². The molecule has 148 valence electrons. The lowest BCUT2D eigenvalue weighted by atomic mass is 9.93. The Balaban J connectivity index is 1.71. The molecule has 0 saturated carbocycles. The number of nitrogens with one attached hydrogen (secondary N) is 2. The van der Waals surface area contributed by atoms with Crippen LogP contribution in [0.25, 0.3) is 0 Å². The zero-order chi connectivity index (χ0) is 19.7. The maximum absolute atomic E-state index is 13.0. The molecule has 1 atom stereocenters.